The molecular weight excluding hydrogens is 210 g/mol. The summed E-state index contributed by atoms with van der Waals surface area (Å²) in [6.07, 6.45) is 5.96. The van der Waals surface area contributed by atoms with E-state index >= 15 is 0 Å². The highest BCUT2D eigenvalue weighted by Gasteiger charge is 2.11. The van der Waals surface area contributed by atoms with E-state index in [0.29, 0.717) is 6.04 Å². The van der Waals surface area contributed by atoms with E-state index in [1.165, 1.54) is 42.4 Å². The van der Waals surface area contributed by atoms with E-state index in [2.05, 4.69) is 39.9 Å². The van der Waals surface area contributed by atoms with Gasteiger partial charge in [-0.25, -0.2) is 0 Å². The first kappa shape index (κ1) is 10.7. The monoisotopic (exact) mass is 229 g/mol. The first-order valence-electron chi connectivity index (χ1n) is 6.46. The lowest BCUT2D eigenvalue weighted by Gasteiger charge is -2.24. The van der Waals surface area contributed by atoms with E-state index in [9.17, 15) is 0 Å². The van der Waals surface area contributed by atoms with Gasteiger partial charge in [-0.1, -0.05) is 6.42 Å². The Morgan fingerprint density at radius 1 is 1.24 bits per heavy atom. The fourth-order valence-electron chi connectivity index (χ4n) is 2.50. The second-order valence-electron chi connectivity index (χ2n) is 4.81. The molecule has 1 atom stereocenters. The molecule has 90 valence electrons. The van der Waals surface area contributed by atoms with Gasteiger partial charge in [0.1, 0.15) is 0 Å². The molecule has 2 heterocycles. The Morgan fingerprint density at radius 3 is 3.12 bits per heavy atom. The highest BCUT2D eigenvalue weighted by molar-refractivity contribution is 5.82. The third-order valence-electron chi connectivity index (χ3n) is 3.52. The fraction of sp³-hybridized carbons (Fsp3) is 0.429. The topological polar surface area (TPSA) is 39.8 Å². The van der Waals surface area contributed by atoms with Gasteiger partial charge in [-0.05, 0) is 43.7 Å². The molecule has 1 fully saturated rings. The van der Waals surface area contributed by atoms with Crippen LogP contribution in [0.4, 0.5) is 5.69 Å². The van der Waals surface area contributed by atoms with Crippen LogP contribution >= 0.6 is 0 Å². The van der Waals surface area contributed by atoms with Crippen molar-refractivity contribution < 1.29 is 0 Å². The Balaban J connectivity index is 1.63. The molecule has 3 rings (SSSR count). The predicted octanol–water partition coefficient (Wildman–Crippen LogP) is 2.72. The number of hydrogen-bond donors (Lipinski definition) is 3. The Hall–Kier alpha value is -1.48. The maximum absolute atomic E-state index is 3.55. The number of benzene rings is 1. The molecule has 0 radical (unpaired) electrons. The molecule has 1 aliphatic rings. The molecule has 0 amide bonds. The van der Waals surface area contributed by atoms with Crippen LogP contribution in [0.1, 0.15) is 19.3 Å². The Labute approximate surface area is 102 Å². The first-order chi connectivity index (χ1) is 8.42. The Kier molecular flexibility index (Phi) is 3.01. The van der Waals surface area contributed by atoms with Gasteiger partial charge in [-0.15, -0.1) is 0 Å². The number of H-pyrrole nitrogens is 1. The summed E-state index contributed by atoms with van der Waals surface area (Å²) in [6, 6.07) is 9.22. The van der Waals surface area contributed by atoms with Crippen LogP contribution in [-0.4, -0.2) is 24.1 Å². The van der Waals surface area contributed by atoms with Crippen molar-refractivity contribution in [1.82, 2.24) is 10.3 Å². The number of aromatic nitrogens is 1. The number of aromatic amines is 1. The molecule has 0 bridgehead atoms. The third-order valence-corrected chi connectivity index (χ3v) is 3.52. The van der Waals surface area contributed by atoms with Crippen LogP contribution in [0.5, 0.6) is 0 Å². The molecule has 3 nitrogen and oxygen atoms in total. The number of anilines is 1. The second kappa shape index (κ2) is 4.80. The van der Waals surface area contributed by atoms with Crippen LogP contribution in [0, 0.1) is 0 Å². The molecule has 2 aromatic rings. The average molecular weight is 229 g/mol. The van der Waals surface area contributed by atoms with Crippen LogP contribution in [0.15, 0.2) is 30.5 Å². The molecule has 0 saturated carbocycles. The van der Waals surface area contributed by atoms with Gasteiger partial charge in [0.05, 0.1) is 0 Å². The highest BCUT2D eigenvalue weighted by Crippen LogP contribution is 2.18. The van der Waals surface area contributed by atoms with Crippen molar-refractivity contribution >= 4 is 16.6 Å². The van der Waals surface area contributed by atoms with Crippen LogP contribution in [-0.2, 0) is 0 Å². The van der Waals surface area contributed by atoms with Gasteiger partial charge in [-0.3, -0.25) is 0 Å². The molecule has 1 saturated heterocycles. The minimum atomic E-state index is 0.630. The SMILES string of the molecule is c1cc2cc(NCC3CCCCN3)ccc2[nH]1. The maximum atomic E-state index is 3.55. The van der Waals surface area contributed by atoms with E-state index in [1.807, 2.05) is 6.20 Å². The van der Waals surface area contributed by atoms with Gasteiger partial charge in [0, 0.05) is 35.4 Å². The van der Waals surface area contributed by atoms with Crippen molar-refractivity contribution in [2.75, 3.05) is 18.4 Å². The maximum Gasteiger partial charge on any atom is 0.0455 e. The standard InChI is InChI=1S/C14H19N3/c1-2-7-15-13(3-1)10-17-12-4-5-14-11(9-12)6-8-16-14/h4-6,8-9,13,15-17H,1-3,7,10H2. The van der Waals surface area contributed by atoms with Gasteiger partial charge in [0.2, 0.25) is 0 Å². The Bertz CT molecular complexity index is 483. The third kappa shape index (κ3) is 2.44. The van der Waals surface area contributed by atoms with Crippen molar-refractivity contribution in [2.45, 2.75) is 25.3 Å². The van der Waals surface area contributed by atoms with Crippen molar-refractivity contribution in [1.29, 1.82) is 0 Å². The van der Waals surface area contributed by atoms with Crippen LogP contribution in [0.2, 0.25) is 0 Å². The summed E-state index contributed by atoms with van der Waals surface area (Å²) in [4.78, 5) is 3.21. The number of hydrogen-bond acceptors (Lipinski definition) is 2. The second-order valence-corrected chi connectivity index (χ2v) is 4.81. The van der Waals surface area contributed by atoms with Crippen LogP contribution in [0.3, 0.4) is 0 Å². The highest BCUT2D eigenvalue weighted by atomic mass is 15.0. The number of piperidine rings is 1. The molecule has 1 aromatic heterocycles. The van der Waals surface area contributed by atoms with Gasteiger partial charge in [0.15, 0.2) is 0 Å². The molecule has 0 spiro atoms. The summed E-state index contributed by atoms with van der Waals surface area (Å²) in [5.41, 5.74) is 2.41. The summed E-state index contributed by atoms with van der Waals surface area (Å²) in [7, 11) is 0. The summed E-state index contributed by atoms with van der Waals surface area (Å²) in [5.74, 6) is 0. The van der Waals surface area contributed by atoms with E-state index in [4.69, 9.17) is 0 Å². The van der Waals surface area contributed by atoms with E-state index < -0.39 is 0 Å². The summed E-state index contributed by atoms with van der Waals surface area (Å²) < 4.78 is 0. The van der Waals surface area contributed by atoms with Crippen molar-refractivity contribution in [2.24, 2.45) is 0 Å². The van der Waals surface area contributed by atoms with Gasteiger partial charge < -0.3 is 15.6 Å². The van der Waals surface area contributed by atoms with E-state index in [0.717, 1.165) is 6.54 Å². The van der Waals surface area contributed by atoms with E-state index in [-0.39, 0.29) is 0 Å². The molecule has 1 unspecified atom stereocenters. The van der Waals surface area contributed by atoms with Crippen molar-refractivity contribution in [3.8, 4) is 0 Å². The summed E-state index contributed by atoms with van der Waals surface area (Å²) in [5, 5.41) is 8.34. The van der Waals surface area contributed by atoms with E-state index in [1.54, 1.807) is 0 Å². The van der Waals surface area contributed by atoms with Crippen LogP contribution in [0.25, 0.3) is 10.9 Å². The molecule has 3 heteroatoms. The molecular formula is C14H19N3. The predicted molar refractivity (Wildman–Crippen MR) is 72.4 cm³/mol. The lowest BCUT2D eigenvalue weighted by molar-refractivity contribution is 0.414. The zero-order valence-electron chi connectivity index (χ0n) is 10.00. The van der Waals surface area contributed by atoms with Gasteiger partial charge in [0.25, 0.3) is 0 Å². The minimum absolute atomic E-state index is 0.630. The average Bonchev–Trinajstić information content (AvgIpc) is 2.85. The molecule has 3 N–H and O–H groups in total. The minimum Gasteiger partial charge on any atom is -0.383 e. The number of rotatable bonds is 3. The fourth-order valence-corrected chi connectivity index (χ4v) is 2.50. The molecule has 1 aliphatic heterocycles. The van der Waals surface area contributed by atoms with Crippen LogP contribution < -0.4 is 10.6 Å². The number of nitrogens with one attached hydrogen (secondary N) is 3. The van der Waals surface area contributed by atoms with Crippen molar-refractivity contribution in [3.05, 3.63) is 30.5 Å². The number of fused-ring (bicyclic) bond motifs is 1. The first-order valence-corrected chi connectivity index (χ1v) is 6.46. The van der Waals surface area contributed by atoms with Crippen molar-refractivity contribution in [3.63, 3.8) is 0 Å². The molecule has 1 aromatic carbocycles. The molecule has 17 heavy (non-hydrogen) atoms. The normalized spacial score (nSPS) is 20.6. The lowest BCUT2D eigenvalue weighted by atomic mass is 10.1. The summed E-state index contributed by atoms with van der Waals surface area (Å²) >= 11 is 0. The quantitative estimate of drug-likeness (QED) is 0.757. The Morgan fingerprint density at radius 2 is 2.24 bits per heavy atom. The van der Waals surface area contributed by atoms with Gasteiger partial charge >= 0.3 is 0 Å². The lowest BCUT2D eigenvalue weighted by Crippen LogP contribution is -2.39. The molecule has 0 aliphatic carbocycles. The zero-order valence-corrected chi connectivity index (χ0v) is 10.00. The smallest absolute Gasteiger partial charge is 0.0455 e. The summed E-state index contributed by atoms with van der Waals surface area (Å²) in [6.45, 7) is 2.19. The zero-order chi connectivity index (χ0) is 11.5. The van der Waals surface area contributed by atoms with Gasteiger partial charge in [-0.2, -0.15) is 0 Å². The largest absolute Gasteiger partial charge is 0.383 e.